The van der Waals surface area contributed by atoms with E-state index in [1.54, 1.807) is 0 Å². The van der Waals surface area contributed by atoms with E-state index >= 15 is 0 Å². The Kier molecular flexibility index (Phi) is 13.2. The predicted molar refractivity (Wildman–Crippen MR) is 38.2 cm³/mol. The van der Waals surface area contributed by atoms with E-state index in [1.807, 2.05) is 0 Å². The summed E-state index contributed by atoms with van der Waals surface area (Å²) in [7, 11) is -3.66. The zero-order valence-corrected chi connectivity index (χ0v) is 9.32. The van der Waals surface area contributed by atoms with Crippen LogP contribution in [0.4, 0.5) is 0 Å². The summed E-state index contributed by atoms with van der Waals surface area (Å²) in [5, 5.41) is 0. The smallest absolute Gasteiger partial charge is 0.264 e. The summed E-state index contributed by atoms with van der Waals surface area (Å²) in [5.74, 6) is -0.201. The summed E-state index contributed by atoms with van der Waals surface area (Å²) in [4.78, 5) is 0. The van der Waals surface area contributed by atoms with Gasteiger partial charge in [0, 0.05) is 29.6 Å². The van der Waals surface area contributed by atoms with E-state index in [0.29, 0.717) is 0 Å². The van der Waals surface area contributed by atoms with Gasteiger partial charge in [-0.05, 0) is 6.92 Å². The monoisotopic (exact) mass is 213 g/mol. The molecule has 0 fully saturated rings. The van der Waals surface area contributed by atoms with E-state index in [1.165, 1.54) is 6.92 Å². The van der Waals surface area contributed by atoms with Crippen LogP contribution < -0.4 is 0 Å². The number of hydrogen-bond donors (Lipinski definition) is 1. The molecule has 0 aromatic rings. The van der Waals surface area contributed by atoms with Crippen molar-refractivity contribution in [1.29, 1.82) is 0 Å². The fraction of sp³-hybridized carbons (Fsp3) is 1.00. The molecular weight excluding hydrogens is 207 g/mol. The summed E-state index contributed by atoms with van der Waals surface area (Å²) in [6.45, 7) is 1.37. The Morgan fingerprint density at radius 3 is 1.62 bits per heavy atom. The van der Waals surface area contributed by atoms with Crippen molar-refractivity contribution >= 4 is 56.7 Å². The molecule has 1 N–H and O–H groups in total. The molecule has 3 nitrogen and oxygen atoms in total. The van der Waals surface area contributed by atoms with Gasteiger partial charge < -0.3 is 0 Å². The Balaban J connectivity index is -0.000000125. The van der Waals surface area contributed by atoms with Gasteiger partial charge in [0.2, 0.25) is 0 Å². The van der Waals surface area contributed by atoms with Crippen LogP contribution in [0.2, 0.25) is 0 Å². The third-order valence-electron chi connectivity index (χ3n) is 0.365. The molecule has 1 radical (unpaired) electrons. The molecule has 0 aromatic heterocycles. The molecule has 0 rings (SSSR count). The van der Waals surface area contributed by atoms with E-state index in [-0.39, 0.29) is 52.3 Å². The number of hydrogen-bond acceptors (Lipinski definition) is 2. The quantitative estimate of drug-likeness (QED) is 0.497. The van der Waals surface area contributed by atoms with Crippen LogP contribution in [0.25, 0.3) is 0 Å². The minimum atomic E-state index is -3.66. The maximum Gasteiger partial charge on any atom is 0.264 e. The second kappa shape index (κ2) is 6.51. The maximum absolute atomic E-state index is 9.56. The summed E-state index contributed by atoms with van der Waals surface area (Å²) < 4.78 is 26.9. The van der Waals surface area contributed by atoms with Crippen LogP contribution in [0, 0.1) is 0 Å². The standard InChI is InChI=1S/C2H6O3S.BrH.Na/c1-2-6(3,4)5;;/h2H2,1H3,(H,3,4,5);1H;. The fourth-order valence-corrected chi connectivity index (χ4v) is 0. The van der Waals surface area contributed by atoms with Gasteiger partial charge in [0.15, 0.2) is 0 Å². The molecule has 6 heteroatoms. The van der Waals surface area contributed by atoms with Gasteiger partial charge in [-0.25, -0.2) is 0 Å². The van der Waals surface area contributed by atoms with Crippen molar-refractivity contribution in [2.24, 2.45) is 0 Å². The summed E-state index contributed by atoms with van der Waals surface area (Å²) in [5.41, 5.74) is 0. The van der Waals surface area contributed by atoms with E-state index in [0.717, 1.165) is 0 Å². The molecule has 0 spiro atoms. The van der Waals surface area contributed by atoms with Crippen LogP contribution in [-0.2, 0) is 10.1 Å². The third kappa shape index (κ3) is 15.7. The van der Waals surface area contributed by atoms with Crippen LogP contribution in [0.5, 0.6) is 0 Å². The van der Waals surface area contributed by atoms with Crippen molar-refractivity contribution in [2.45, 2.75) is 6.92 Å². The van der Waals surface area contributed by atoms with E-state index in [9.17, 15) is 8.42 Å². The van der Waals surface area contributed by atoms with Crippen molar-refractivity contribution in [3.05, 3.63) is 0 Å². The molecule has 0 aliphatic carbocycles. The summed E-state index contributed by atoms with van der Waals surface area (Å²) in [6.07, 6.45) is 0. The first kappa shape index (κ1) is 16.2. The fourth-order valence-electron chi connectivity index (χ4n) is 0. The van der Waals surface area contributed by atoms with Crippen LogP contribution in [-0.4, -0.2) is 48.3 Å². The van der Waals surface area contributed by atoms with Gasteiger partial charge in [0.25, 0.3) is 10.1 Å². The Morgan fingerprint density at radius 2 is 1.62 bits per heavy atom. The van der Waals surface area contributed by atoms with E-state index in [4.69, 9.17) is 4.55 Å². The van der Waals surface area contributed by atoms with E-state index in [2.05, 4.69) is 0 Å². The molecule has 0 saturated carbocycles. The second-order valence-corrected chi connectivity index (χ2v) is 2.61. The molecule has 0 amide bonds. The van der Waals surface area contributed by atoms with Gasteiger partial charge in [-0.2, -0.15) is 8.42 Å². The third-order valence-corrected chi connectivity index (χ3v) is 1.09. The molecule has 0 unspecified atom stereocenters. The molecule has 0 atom stereocenters. The first-order valence-electron chi connectivity index (χ1n) is 1.51. The Bertz CT molecular complexity index is 119. The SMILES string of the molecule is Br.CCS(=O)(=O)O.[Na]. The van der Waals surface area contributed by atoms with Crippen LogP contribution in [0.3, 0.4) is 0 Å². The Morgan fingerprint density at radius 1 is 1.50 bits per heavy atom. The molecule has 0 aromatic carbocycles. The van der Waals surface area contributed by atoms with Crippen LogP contribution in [0.15, 0.2) is 0 Å². The minimum Gasteiger partial charge on any atom is -0.286 e. The average Bonchev–Trinajstić information content (AvgIpc) is 1.35. The molecule has 0 aliphatic rings. The van der Waals surface area contributed by atoms with Crippen molar-refractivity contribution in [2.75, 3.05) is 5.75 Å². The summed E-state index contributed by atoms with van der Waals surface area (Å²) in [6, 6.07) is 0. The molecule has 8 heavy (non-hydrogen) atoms. The van der Waals surface area contributed by atoms with Crippen LogP contribution >= 0.6 is 17.0 Å². The molecule has 47 valence electrons. The number of rotatable bonds is 1. The largest absolute Gasteiger partial charge is 0.286 e. The number of halogens is 1. The Hall–Kier alpha value is 1.39. The Labute approximate surface area is 81.7 Å². The van der Waals surface area contributed by atoms with Crippen LogP contribution in [0.1, 0.15) is 6.92 Å². The average molecular weight is 214 g/mol. The van der Waals surface area contributed by atoms with E-state index < -0.39 is 10.1 Å². The molecule has 0 saturated heterocycles. The zero-order chi connectivity index (χ0) is 5.21. The van der Waals surface area contributed by atoms with Gasteiger partial charge in [0.1, 0.15) is 0 Å². The zero-order valence-electron chi connectivity index (χ0n) is 4.79. The first-order valence-corrected chi connectivity index (χ1v) is 3.12. The van der Waals surface area contributed by atoms with Crippen molar-refractivity contribution in [3.8, 4) is 0 Å². The molecule has 0 heterocycles. The minimum absolute atomic E-state index is 0. The molecule has 0 aliphatic heterocycles. The predicted octanol–water partition coefficient (Wildman–Crippen LogP) is 0.0912. The van der Waals surface area contributed by atoms with Crippen molar-refractivity contribution in [1.82, 2.24) is 0 Å². The van der Waals surface area contributed by atoms with Gasteiger partial charge >= 0.3 is 0 Å². The van der Waals surface area contributed by atoms with Crippen molar-refractivity contribution in [3.63, 3.8) is 0 Å². The maximum atomic E-state index is 9.56. The molecule has 0 bridgehead atoms. The van der Waals surface area contributed by atoms with Gasteiger partial charge in [-0.15, -0.1) is 17.0 Å². The molecular formula is C2H7BrNaO3S. The van der Waals surface area contributed by atoms with Gasteiger partial charge in [-0.1, -0.05) is 0 Å². The van der Waals surface area contributed by atoms with Gasteiger partial charge in [0.05, 0.1) is 5.75 Å². The summed E-state index contributed by atoms with van der Waals surface area (Å²) >= 11 is 0. The van der Waals surface area contributed by atoms with Gasteiger partial charge in [-0.3, -0.25) is 4.55 Å². The first-order chi connectivity index (χ1) is 2.56. The second-order valence-electron chi connectivity index (χ2n) is 0.871. The topological polar surface area (TPSA) is 54.4 Å². The van der Waals surface area contributed by atoms with Crippen molar-refractivity contribution < 1.29 is 13.0 Å². The normalized spacial score (nSPS) is 8.75.